The average Bonchev–Trinajstić information content (AvgIpc) is 2.57. The van der Waals surface area contributed by atoms with Crippen LogP contribution in [-0.2, 0) is 9.84 Å². The summed E-state index contributed by atoms with van der Waals surface area (Å²) in [5.74, 6) is -0.676. The van der Waals surface area contributed by atoms with Crippen molar-refractivity contribution in [1.82, 2.24) is 5.32 Å². The lowest BCUT2D eigenvalue weighted by molar-refractivity contribution is 0.0938. The van der Waals surface area contributed by atoms with E-state index in [9.17, 15) is 18.3 Å². The number of aromatic hydroxyl groups is 1. The fourth-order valence-electron chi connectivity index (χ4n) is 1.87. The van der Waals surface area contributed by atoms with Crippen LogP contribution in [0, 0.1) is 0 Å². The Morgan fingerprint density at radius 2 is 2.17 bits per heavy atom. The second-order valence-corrected chi connectivity index (χ2v) is 6.90. The minimum Gasteiger partial charge on any atom is -0.507 e. The van der Waals surface area contributed by atoms with Gasteiger partial charge in [0.1, 0.15) is 5.75 Å². The van der Waals surface area contributed by atoms with Gasteiger partial charge in [-0.25, -0.2) is 8.42 Å². The molecule has 7 heteroatoms. The van der Waals surface area contributed by atoms with Crippen LogP contribution in [0.25, 0.3) is 0 Å². The molecule has 1 unspecified atom stereocenters. The molecule has 1 atom stereocenters. The maximum atomic E-state index is 11.8. The van der Waals surface area contributed by atoms with E-state index in [0.29, 0.717) is 11.4 Å². The van der Waals surface area contributed by atoms with E-state index in [1.807, 2.05) is 0 Å². The summed E-state index contributed by atoms with van der Waals surface area (Å²) >= 11 is 5.66. The van der Waals surface area contributed by atoms with Crippen LogP contribution in [0.4, 0.5) is 0 Å². The van der Waals surface area contributed by atoms with Crippen molar-refractivity contribution in [2.75, 3.05) is 11.5 Å². The molecule has 0 saturated carbocycles. The molecule has 0 spiro atoms. The molecule has 1 aromatic carbocycles. The van der Waals surface area contributed by atoms with Crippen LogP contribution in [0.1, 0.15) is 16.8 Å². The zero-order valence-electron chi connectivity index (χ0n) is 9.39. The standard InChI is InChI=1S/C11H12ClNO4S/c12-7-1-2-9(10(14)5-7)11(15)13-8-3-4-18(16,17)6-8/h1-2,5,8,14H,3-4,6H2,(H,13,15). The average molecular weight is 290 g/mol. The normalized spacial score (nSPS) is 21.7. The number of amides is 1. The Morgan fingerprint density at radius 3 is 2.72 bits per heavy atom. The molecule has 0 aromatic heterocycles. The van der Waals surface area contributed by atoms with Gasteiger partial charge in [0.2, 0.25) is 0 Å². The molecule has 2 rings (SSSR count). The number of hydrogen-bond acceptors (Lipinski definition) is 4. The summed E-state index contributed by atoms with van der Waals surface area (Å²) < 4.78 is 22.5. The Bertz CT molecular complexity index is 585. The number of hydrogen-bond donors (Lipinski definition) is 2. The molecule has 0 aliphatic carbocycles. The largest absolute Gasteiger partial charge is 0.507 e. The Morgan fingerprint density at radius 1 is 1.44 bits per heavy atom. The van der Waals surface area contributed by atoms with Gasteiger partial charge in [0, 0.05) is 11.1 Å². The number of rotatable bonds is 2. The summed E-state index contributed by atoms with van der Waals surface area (Å²) in [6, 6.07) is 3.76. The van der Waals surface area contributed by atoms with Gasteiger partial charge in [-0.15, -0.1) is 0 Å². The van der Waals surface area contributed by atoms with Crippen molar-refractivity contribution in [3.63, 3.8) is 0 Å². The van der Waals surface area contributed by atoms with Crippen molar-refractivity contribution in [3.05, 3.63) is 28.8 Å². The van der Waals surface area contributed by atoms with E-state index in [4.69, 9.17) is 11.6 Å². The summed E-state index contributed by atoms with van der Waals surface area (Å²) in [4.78, 5) is 11.8. The maximum Gasteiger partial charge on any atom is 0.255 e. The third-order valence-corrected chi connectivity index (χ3v) is 4.78. The minimum atomic E-state index is -3.04. The molecule has 1 aliphatic rings. The molecule has 1 saturated heterocycles. The van der Waals surface area contributed by atoms with Gasteiger partial charge in [0.25, 0.3) is 5.91 Å². The van der Waals surface area contributed by atoms with Crippen LogP contribution in [0.2, 0.25) is 5.02 Å². The number of sulfone groups is 1. The predicted molar refractivity (Wildman–Crippen MR) is 67.6 cm³/mol. The first-order chi connectivity index (χ1) is 8.37. The smallest absolute Gasteiger partial charge is 0.255 e. The Labute approximate surface area is 110 Å². The monoisotopic (exact) mass is 289 g/mol. The number of nitrogens with one attached hydrogen (secondary N) is 1. The van der Waals surface area contributed by atoms with Crippen molar-refractivity contribution in [2.45, 2.75) is 12.5 Å². The van der Waals surface area contributed by atoms with Crippen molar-refractivity contribution >= 4 is 27.3 Å². The quantitative estimate of drug-likeness (QED) is 0.849. The zero-order chi connectivity index (χ0) is 13.3. The summed E-state index contributed by atoms with van der Waals surface area (Å²) in [6.45, 7) is 0. The third kappa shape index (κ3) is 2.94. The van der Waals surface area contributed by atoms with Crippen molar-refractivity contribution in [1.29, 1.82) is 0 Å². The van der Waals surface area contributed by atoms with Gasteiger partial charge in [0.15, 0.2) is 9.84 Å². The lowest BCUT2D eigenvalue weighted by Gasteiger charge is -2.11. The molecule has 2 N–H and O–H groups in total. The Hall–Kier alpha value is -1.27. The molecule has 1 heterocycles. The second-order valence-electron chi connectivity index (χ2n) is 4.23. The number of phenols is 1. The van der Waals surface area contributed by atoms with Gasteiger partial charge < -0.3 is 10.4 Å². The van der Waals surface area contributed by atoms with E-state index in [-0.39, 0.29) is 22.8 Å². The fourth-order valence-corrected chi connectivity index (χ4v) is 3.71. The highest BCUT2D eigenvalue weighted by Crippen LogP contribution is 2.22. The zero-order valence-corrected chi connectivity index (χ0v) is 11.0. The summed E-state index contributed by atoms with van der Waals surface area (Å²) in [7, 11) is -3.04. The lowest BCUT2D eigenvalue weighted by Crippen LogP contribution is -2.35. The van der Waals surface area contributed by atoms with Gasteiger partial charge in [-0.05, 0) is 24.6 Å². The highest BCUT2D eigenvalue weighted by atomic mass is 35.5. The highest BCUT2D eigenvalue weighted by Gasteiger charge is 2.29. The van der Waals surface area contributed by atoms with E-state index in [2.05, 4.69) is 5.32 Å². The van der Waals surface area contributed by atoms with Crippen LogP contribution >= 0.6 is 11.6 Å². The molecule has 5 nitrogen and oxygen atoms in total. The van der Waals surface area contributed by atoms with E-state index in [0.717, 1.165) is 0 Å². The van der Waals surface area contributed by atoms with Crippen molar-refractivity contribution < 1.29 is 18.3 Å². The second kappa shape index (κ2) is 4.78. The number of halogens is 1. The van der Waals surface area contributed by atoms with Gasteiger partial charge in [-0.3, -0.25) is 4.79 Å². The first-order valence-corrected chi connectivity index (χ1v) is 7.57. The van der Waals surface area contributed by atoms with Crippen LogP contribution in [0.3, 0.4) is 0 Å². The van der Waals surface area contributed by atoms with Crippen LogP contribution in [0.15, 0.2) is 18.2 Å². The molecule has 1 fully saturated rings. The third-order valence-electron chi connectivity index (χ3n) is 2.77. The highest BCUT2D eigenvalue weighted by molar-refractivity contribution is 7.91. The van der Waals surface area contributed by atoms with Crippen LogP contribution in [-0.4, -0.2) is 37.0 Å². The molecule has 18 heavy (non-hydrogen) atoms. The van der Waals surface area contributed by atoms with E-state index >= 15 is 0 Å². The van der Waals surface area contributed by atoms with Gasteiger partial charge in [0.05, 0.1) is 17.1 Å². The first kappa shape index (κ1) is 13.2. The number of benzene rings is 1. The van der Waals surface area contributed by atoms with Gasteiger partial charge >= 0.3 is 0 Å². The SMILES string of the molecule is O=C(NC1CCS(=O)(=O)C1)c1ccc(Cl)cc1O. The minimum absolute atomic E-state index is 0.0485. The number of carbonyl (C=O) groups excluding carboxylic acids is 1. The number of phenolic OH excluding ortho intramolecular Hbond substituents is 1. The molecular weight excluding hydrogens is 278 g/mol. The maximum absolute atomic E-state index is 11.8. The van der Waals surface area contributed by atoms with E-state index < -0.39 is 21.8 Å². The molecule has 0 radical (unpaired) electrons. The van der Waals surface area contributed by atoms with E-state index in [1.54, 1.807) is 0 Å². The number of carbonyl (C=O) groups is 1. The molecule has 0 bridgehead atoms. The first-order valence-electron chi connectivity index (χ1n) is 5.37. The van der Waals surface area contributed by atoms with Gasteiger partial charge in [-0.2, -0.15) is 0 Å². The molecule has 98 valence electrons. The summed E-state index contributed by atoms with van der Waals surface area (Å²) in [6.07, 6.45) is 0.405. The molecule has 1 aliphatic heterocycles. The topological polar surface area (TPSA) is 83.5 Å². The summed E-state index contributed by atoms with van der Waals surface area (Å²) in [5, 5.41) is 12.5. The van der Waals surface area contributed by atoms with Crippen molar-refractivity contribution in [3.8, 4) is 5.75 Å². The lowest BCUT2D eigenvalue weighted by atomic mass is 10.1. The predicted octanol–water partition coefficient (Wildman–Crippen LogP) is 0.963. The van der Waals surface area contributed by atoms with Crippen LogP contribution in [0.5, 0.6) is 5.75 Å². The Balaban J connectivity index is 2.09. The van der Waals surface area contributed by atoms with Gasteiger partial charge in [-0.1, -0.05) is 11.6 Å². The molecule has 1 aromatic rings. The molecular formula is C11H12ClNO4S. The summed E-state index contributed by atoms with van der Waals surface area (Å²) in [5.41, 5.74) is 0.0868. The fraction of sp³-hybridized carbons (Fsp3) is 0.364. The van der Waals surface area contributed by atoms with Crippen molar-refractivity contribution in [2.24, 2.45) is 0 Å². The van der Waals surface area contributed by atoms with E-state index in [1.165, 1.54) is 18.2 Å². The van der Waals surface area contributed by atoms with Crippen LogP contribution < -0.4 is 5.32 Å². The molecule has 1 amide bonds. The Kier molecular flexibility index (Phi) is 3.49.